The number of H-pyrrole nitrogens is 1. The number of anilines is 1. The zero-order valence-corrected chi connectivity index (χ0v) is 15.5. The van der Waals surface area contributed by atoms with E-state index in [0.717, 1.165) is 16.2 Å². The van der Waals surface area contributed by atoms with Gasteiger partial charge in [-0.25, -0.2) is 23.1 Å². The fourth-order valence-electron chi connectivity index (χ4n) is 3.58. The molecule has 1 saturated heterocycles. The summed E-state index contributed by atoms with van der Waals surface area (Å²) in [6, 6.07) is 3.69. The van der Waals surface area contributed by atoms with Gasteiger partial charge in [0.05, 0.1) is 5.25 Å². The summed E-state index contributed by atoms with van der Waals surface area (Å²) >= 11 is 0. The highest BCUT2D eigenvalue weighted by molar-refractivity contribution is 7.90. The van der Waals surface area contributed by atoms with E-state index in [1.807, 2.05) is 17.0 Å². The highest BCUT2D eigenvalue weighted by Gasteiger charge is 2.35. The largest absolute Gasteiger partial charge is 0.402 e. The summed E-state index contributed by atoms with van der Waals surface area (Å²) in [6.45, 7) is -0.910. The smallest absolute Gasteiger partial charge is 0.355 e. The van der Waals surface area contributed by atoms with Crippen LogP contribution in [0.4, 0.5) is 19.0 Å². The first kappa shape index (κ1) is 18.9. The van der Waals surface area contributed by atoms with Crippen LogP contribution in [0.2, 0.25) is 0 Å². The van der Waals surface area contributed by atoms with E-state index < -0.39 is 28.0 Å². The van der Waals surface area contributed by atoms with Gasteiger partial charge in [-0.3, -0.25) is 0 Å². The first-order valence-corrected chi connectivity index (χ1v) is 10.3. The molecule has 28 heavy (non-hydrogen) atoms. The minimum absolute atomic E-state index is 0.0769. The standard InChI is InChI=1S/C17H18F3N5O2S/c18-17(19,20)10-24-28(26,27)12-2-1-7-25(9-12)16-14-11(3-5-22-16)8-23-15-13(14)4-6-21-15/h3-6,8,12,24H,1-2,7,9-10H2,(H,21,23). The Kier molecular flexibility index (Phi) is 4.66. The second kappa shape index (κ2) is 6.89. The molecule has 4 heterocycles. The maximum Gasteiger partial charge on any atom is 0.402 e. The molecule has 7 nitrogen and oxygen atoms in total. The van der Waals surface area contributed by atoms with Crippen molar-refractivity contribution in [3.8, 4) is 0 Å². The van der Waals surface area contributed by atoms with Crippen molar-refractivity contribution in [3.05, 3.63) is 30.7 Å². The van der Waals surface area contributed by atoms with Crippen LogP contribution in [0.25, 0.3) is 21.8 Å². The number of piperidine rings is 1. The Bertz CT molecular complexity index is 1110. The fraction of sp³-hybridized carbons (Fsp3) is 0.412. The molecule has 1 fully saturated rings. The molecule has 3 aromatic heterocycles. The van der Waals surface area contributed by atoms with Gasteiger partial charge in [-0.1, -0.05) is 0 Å². The van der Waals surface area contributed by atoms with E-state index in [2.05, 4.69) is 15.0 Å². The van der Waals surface area contributed by atoms with Gasteiger partial charge in [0.1, 0.15) is 18.0 Å². The Morgan fingerprint density at radius 1 is 1.29 bits per heavy atom. The molecule has 1 aliphatic rings. The van der Waals surface area contributed by atoms with Gasteiger partial charge in [0.2, 0.25) is 10.0 Å². The van der Waals surface area contributed by atoms with Crippen molar-refractivity contribution in [3.63, 3.8) is 0 Å². The molecule has 11 heteroatoms. The number of nitrogens with one attached hydrogen (secondary N) is 2. The minimum Gasteiger partial charge on any atom is -0.355 e. The molecule has 1 aliphatic heterocycles. The van der Waals surface area contributed by atoms with Crippen LogP contribution < -0.4 is 9.62 Å². The molecular formula is C17H18F3N5O2S. The van der Waals surface area contributed by atoms with Crippen LogP contribution >= 0.6 is 0 Å². The molecule has 0 bridgehead atoms. The maximum absolute atomic E-state index is 12.4. The number of alkyl halides is 3. The number of hydrogen-bond acceptors (Lipinski definition) is 5. The van der Waals surface area contributed by atoms with Crippen LogP contribution in [0, 0.1) is 0 Å². The van der Waals surface area contributed by atoms with Crippen molar-refractivity contribution < 1.29 is 21.6 Å². The molecule has 3 aromatic rings. The van der Waals surface area contributed by atoms with Gasteiger partial charge in [0, 0.05) is 47.8 Å². The zero-order chi connectivity index (χ0) is 19.9. The van der Waals surface area contributed by atoms with Crippen LogP contribution in [0.3, 0.4) is 0 Å². The zero-order valence-electron chi connectivity index (χ0n) is 14.7. The van der Waals surface area contributed by atoms with E-state index >= 15 is 0 Å². The number of hydrogen-bond donors (Lipinski definition) is 2. The number of halogens is 3. The van der Waals surface area contributed by atoms with Crippen LogP contribution in [0.5, 0.6) is 0 Å². The Hall–Kier alpha value is -2.40. The summed E-state index contributed by atoms with van der Waals surface area (Å²) in [5, 5.41) is 1.62. The predicted octanol–water partition coefficient (Wildman–Crippen LogP) is 2.56. The molecule has 0 spiro atoms. The summed E-state index contributed by atoms with van der Waals surface area (Å²) in [7, 11) is -4.10. The second-order valence-corrected chi connectivity index (χ2v) is 8.83. The molecule has 0 aromatic carbocycles. The van der Waals surface area contributed by atoms with Gasteiger partial charge < -0.3 is 9.88 Å². The number of aromatic nitrogens is 3. The molecule has 2 N–H and O–H groups in total. The summed E-state index contributed by atoms with van der Waals surface area (Å²) < 4.78 is 63.7. The lowest BCUT2D eigenvalue weighted by Crippen LogP contribution is -2.48. The molecular weight excluding hydrogens is 395 g/mol. The highest BCUT2D eigenvalue weighted by Crippen LogP contribution is 2.32. The van der Waals surface area contributed by atoms with Gasteiger partial charge in [-0.2, -0.15) is 13.2 Å². The van der Waals surface area contributed by atoms with Crippen LogP contribution in [-0.4, -0.2) is 54.4 Å². The third-order valence-corrected chi connectivity index (χ3v) is 6.69. The van der Waals surface area contributed by atoms with Gasteiger partial charge in [-0.05, 0) is 25.0 Å². The first-order chi connectivity index (χ1) is 13.2. The SMILES string of the molecule is O=S(=O)(NCC(F)(F)F)C1CCCN(c2nccc3cnc4[nH]ccc4c23)C1. The Labute approximate surface area is 159 Å². The molecule has 4 rings (SSSR count). The highest BCUT2D eigenvalue weighted by atomic mass is 32.2. The van der Waals surface area contributed by atoms with Crippen molar-refractivity contribution in [2.24, 2.45) is 0 Å². The monoisotopic (exact) mass is 413 g/mol. The van der Waals surface area contributed by atoms with Crippen LogP contribution in [-0.2, 0) is 10.0 Å². The number of pyridine rings is 2. The third-order valence-electron chi connectivity index (χ3n) is 4.88. The number of nitrogens with zero attached hydrogens (tertiary/aromatic N) is 3. The molecule has 0 amide bonds. The maximum atomic E-state index is 12.4. The van der Waals surface area contributed by atoms with E-state index in [1.54, 1.807) is 23.3 Å². The molecule has 0 radical (unpaired) electrons. The quantitative estimate of drug-likeness (QED) is 0.686. The normalized spacial score (nSPS) is 18.8. The summed E-state index contributed by atoms with van der Waals surface area (Å²) in [5.41, 5.74) is 0.690. The molecule has 0 saturated carbocycles. The Morgan fingerprint density at radius 2 is 2.11 bits per heavy atom. The second-order valence-electron chi connectivity index (χ2n) is 6.79. The first-order valence-electron chi connectivity index (χ1n) is 8.75. The van der Waals surface area contributed by atoms with Crippen molar-refractivity contribution in [1.82, 2.24) is 19.7 Å². The topological polar surface area (TPSA) is 91.0 Å². The fourth-order valence-corrected chi connectivity index (χ4v) is 5.03. The summed E-state index contributed by atoms with van der Waals surface area (Å²) in [4.78, 5) is 13.7. The van der Waals surface area contributed by atoms with Crippen molar-refractivity contribution in [1.29, 1.82) is 0 Å². The minimum atomic E-state index is -4.59. The van der Waals surface area contributed by atoms with Gasteiger partial charge in [-0.15, -0.1) is 0 Å². The van der Waals surface area contributed by atoms with Crippen LogP contribution in [0.15, 0.2) is 30.7 Å². The van der Waals surface area contributed by atoms with E-state index in [4.69, 9.17) is 0 Å². The lowest BCUT2D eigenvalue weighted by atomic mass is 10.1. The molecule has 150 valence electrons. The van der Waals surface area contributed by atoms with E-state index in [1.165, 1.54) is 0 Å². The van der Waals surface area contributed by atoms with E-state index in [-0.39, 0.29) is 6.54 Å². The van der Waals surface area contributed by atoms with Crippen LogP contribution in [0.1, 0.15) is 12.8 Å². The number of aromatic amines is 1. The summed E-state index contributed by atoms with van der Waals surface area (Å²) in [5.74, 6) is 0.611. The summed E-state index contributed by atoms with van der Waals surface area (Å²) in [6.07, 6.45) is 1.34. The average Bonchev–Trinajstić information content (AvgIpc) is 3.15. The van der Waals surface area contributed by atoms with E-state index in [0.29, 0.717) is 30.9 Å². The number of sulfonamides is 1. The lowest BCUT2D eigenvalue weighted by Gasteiger charge is -2.34. The Balaban J connectivity index is 1.66. The van der Waals surface area contributed by atoms with Crippen molar-refractivity contribution >= 4 is 37.6 Å². The average molecular weight is 413 g/mol. The van der Waals surface area contributed by atoms with E-state index in [9.17, 15) is 21.6 Å². The van der Waals surface area contributed by atoms with Gasteiger partial charge in [0.15, 0.2) is 0 Å². The molecule has 1 atom stereocenters. The molecule has 0 aliphatic carbocycles. The third kappa shape index (κ3) is 3.63. The molecule has 1 unspecified atom stereocenters. The van der Waals surface area contributed by atoms with Crippen molar-refractivity contribution in [2.45, 2.75) is 24.3 Å². The Morgan fingerprint density at radius 3 is 2.89 bits per heavy atom. The van der Waals surface area contributed by atoms with Gasteiger partial charge in [0.25, 0.3) is 0 Å². The lowest BCUT2D eigenvalue weighted by molar-refractivity contribution is -0.121. The van der Waals surface area contributed by atoms with Crippen molar-refractivity contribution in [2.75, 3.05) is 24.5 Å². The predicted molar refractivity (Wildman–Crippen MR) is 99.6 cm³/mol. The number of fused-ring (bicyclic) bond motifs is 3. The number of rotatable bonds is 4. The van der Waals surface area contributed by atoms with Gasteiger partial charge >= 0.3 is 6.18 Å².